The number of ether oxygens (including phenoxy) is 1. The Balaban J connectivity index is 1.57. The molecule has 2 aromatic carbocycles. The van der Waals surface area contributed by atoms with Gasteiger partial charge in [-0.3, -0.25) is 14.5 Å². The number of piperidine rings is 1. The summed E-state index contributed by atoms with van der Waals surface area (Å²) in [7, 11) is 1.65. The minimum absolute atomic E-state index is 0.0641. The lowest BCUT2D eigenvalue weighted by molar-refractivity contribution is 0.0920. The van der Waals surface area contributed by atoms with Crippen molar-refractivity contribution in [2.75, 3.05) is 26.7 Å². The molecule has 1 fully saturated rings. The molecule has 1 aliphatic rings. The maximum absolute atomic E-state index is 13.0. The molecule has 30 heavy (non-hydrogen) atoms. The highest BCUT2D eigenvalue weighted by Crippen LogP contribution is 2.26. The zero-order valence-corrected chi connectivity index (χ0v) is 17.1. The van der Waals surface area contributed by atoms with E-state index in [-0.39, 0.29) is 23.2 Å². The summed E-state index contributed by atoms with van der Waals surface area (Å²) in [5.74, 6) is 0.516. The molecule has 2 N–H and O–H groups in total. The maximum atomic E-state index is 13.0. The number of nitrogens with one attached hydrogen (secondary N) is 2. The molecular formula is C23H26N4O3. The summed E-state index contributed by atoms with van der Waals surface area (Å²) in [5, 5.41) is 10.5. The number of aromatic nitrogens is 2. The van der Waals surface area contributed by atoms with Crippen LogP contribution in [-0.4, -0.2) is 47.7 Å². The molecule has 0 spiro atoms. The van der Waals surface area contributed by atoms with Crippen molar-refractivity contribution in [1.29, 1.82) is 0 Å². The molecule has 2 heterocycles. The molecule has 1 saturated heterocycles. The molecule has 0 radical (unpaired) electrons. The standard InChI is InChI=1S/C23H26N4O3/c1-30-17-11-9-16(10-12-17)20(27-13-5-2-6-14-27)15-24-23(29)21-18-7-3-4-8-19(18)22(28)26-25-21/h3-4,7-12,20H,2,5-6,13-15H2,1H3,(H,24,29)(H,26,28)/t20-/m1/s1. The average molecular weight is 406 g/mol. The average Bonchev–Trinajstić information content (AvgIpc) is 2.80. The van der Waals surface area contributed by atoms with Gasteiger partial charge in [0.2, 0.25) is 0 Å². The molecule has 7 nitrogen and oxygen atoms in total. The van der Waals surface area contributed by atoms with E-state index in [1.54, 1.807) is 31.4 Å². The number of methoxy groups -OCH3 is 1. The number of carbonyl (C=O) groups is 1. The Morgan fingerprint density at radius 2 is 1.80 bits per heavy atom. The quantitative estimate of drug-likeness (QED) is 0.657. The van der Waals surface area contributed by atoms with Crippen LogP contribution in [0.2, 0.25) is 0 Å². The Kier molecular flexibility index (Phi) is 6.09. The van der Waals surface area contributed by atoms with Gasteiger partial charge in [-0.1, -0.05) is 36.8 Å². The van der Waals surface area contributed by atoms with E-state index in [0.717, 1.165) is 37.2 Å². The van der Waals surface area contributed by atoms with E-state index in [2.05, 4.69) is 32.5 Å². The van der Waals surface area contributed by atoms with E-state index in [9.17, 15) is 9.59 Å². The Hall–Kier alpha value is -3.19. The summed E-state index contributed by atoms with van der Waals surface area (Å²) in [4.78, 5) is 27.4. The number of hydrogen-bond donors (Lipinski definition) is 2. The molecule has 0 saturated carbocycles. The fraction of sp³-hybridized carbons (Fsp3) is 0.348. The first-order valence-corrected chi connectivity index (χ1v) is 10.3. The van der Waals surface area contributed by atoms with Crippen molar-refractivity contribution in [2.24, 2.45) is 0 Å². The maximum Gasteiger partial charge on any atom is 0.272 e. The van der Waals surface area contributed by atoms with E-state index in [4.69, 9.17) is 4.74 Å². The molecular weight excluding hydrogens is 380 g/mol. The number of carbonyl (C=O) groups excluding carboxylic acids is 1. The third-order valence-corrected chi connectivity index (χ3v) is 5.70. The second kappa shape index (κ2) is 9.09. The summed E-state index contributed by atoms with van der Waals surface area (Å²) >= 11 is 0. The molecule has 1 amide bonds. The van der Waals surface area contributed by atoms with Crippen molar-refractivity contribution < 1.29 is 9.53 Å². The number of H-pyrrole nitrogens is 1. The van der Waals surface area contributed by atoms with Gasteiger partial charge in [0, 0.05) is 11.9 Å². The molecule has 7 heteroatoms. The summed E-state index contributed by atoms with van der Waals surface area (Å²) < 4.78 is 5.28. The highest BCUT2D eigenvalue weighted by Gasteiger charge is 2.24. The van der Waals surface area contributed by atoms with Crippen LogP contribution in [0.5, 0.6) is 5.75 Å². The van der Waals surface area contributed by atoms with Crippen LogP contribution >= 0.6 is 0 Å². The minimum atomic E-state index is -0.299. The van der Waals surface area contributed by atoms with Crippen LogP contribution in [0.15, 0.2) is 53.3 Å². The fourth-order valence-corrected chi connectivity index (χ4v) is 4.07. The van der Waals surface area contributed by atoms with Crippen molar-refractivity contribution in [3.05, 3.63) is 70.1 Å². The van der Waals surface area contributed by atoms with Gasteiger partial charge in [0.1, 0.15) is 5.75 Å². The molecule has 0 bridgehead atoms. The second-order valence-electron chi connectivity index (χ2n) is 7.54. The van der Waals surface area contributed by atoms with Crippen LogP contribution in [-0.2, 0) is 0 Å². The number of fused-ring (bicyclic) bond motifs is 1. The molecule has 1 atom stereocenters. The smallest absolute Gasteiger partial charge is 0.272 e. The lowest BCUT2D eigenvalue weighted by Crippen LogP contribution is -2.41. The van der Waals surface area contributed by atoms with Crippen molar-refractivity contribution in [1.82, 2.24) is 20.4 Å². The Bertz CT molecular complexity index is 1070. The Labute approximate surface area is 175 Å². The van der Waals surface area contributed by atoms with Gasteiger partial charge < -0.3 is 10.1 Å². The zero-order valence-electron chi connectivity index (χ0n) is 17.1. The second-order valence-corrected chi connectivity index (χ2v) is 7.54. The molecule has 4 rings (SSSR count). The van der Waals surface area contributed by atoms with Crippen LogP contribution < -0.4 is 15.6 Å². The lowest BCUT2D eigenvalue weighted by atomic mass is 10.0. The minimum Gasteiger partial charge on any atom is -0.497 e. The lowest BCUT2D eigenvalue weighted by Gasteiger charge is -2.35. The van der Waals surface area contributed by atoms with E-state index >= 15 is 0 Å². The number of likely N-dealkylation sites (tertiary alicyclic amines) is 1. The number of nitrogens with zero attached hydrogens (tertiary/aromatic N) is 2. The summed E-state index contributed by atoms with van der Waals surface area (Å²) in [6.07, 6.45) is 3.56. The van der Waals surface area contributed by atoms with Crippen LogP contribution in [0, 0.1) is 0 Å². The molecule has 3 aromatic rings. The van der Waals surface area contributed by atoms with Crippen molar-refractivity contribution in [3.8, 4) is 5.75 Å². The topological polar surface area (TPSA) is 87.3 Å². The van der Waals surface area contributed by atoms with Gasteiger partial charge in [0.25, 0.3) is 11.5 Å². The molecule has 0 aliphatic carbocycles. The predicted molar refractivity (Wildman–Crippen MR) is 116 cm³/mol. The van der Waals surface area contributed by atoms with E-state index in [0.29, 0.717) is 17.3 Å². The summed E-state index contributed by atoms with van der Waals surface area (Å²) in [6, 6.07) is 15.1. The zero-order chi connectivity index (χ0) is 20.9. The number of rotatable bonds is 6. The van der Waals surface area contributed by atoms with Crippen molar-refractivity contribution >= 4 is 16.7 Å². The van der Waals surface area contributed by atoms with Crippen LogP contribution in [0.25, 0.3) is 10.8 Å². The number of aromatic amines is 1. The van der Waals surface area contributed by atoms with Crippen LogP contribution in [0.3, 0.4) is 0 Å². The van der Waals surface area contributed by atoms with Gasteiger partial charge >= 0.3 is 0 Å². The SMILES string of the molecule is COc1ccc([C@@H](CNC(=O)c2n[nH]c(=O)c3ccccc23)N2CCCCC2)cc1. The largest absolute Gasteiger partial charge is 0.497 e. The third-order valence-electron chi connectivity index (χ3n) is 5.70. The van der Waals surface area contributed by atoms with E-state index in [1.807, 2.05) is 12.1 Å². The predicted octanol–water partition coefficient (Wildman–Crippen LogP) is 2.89. The van der Waals surface area contributed by atoms with Gasteiger partial charge in [-0.2, -0.15) is 5.10 Å². The van der Waals surface area contributed by atoms with Crippen molar-refractivity contribution in [3.63, 3.8) is 0 Å². The van der Waals surface area contributed by atoms with Crippen molar-refractivity contribution in [2.45, 2.75) is 25.3 Å². The van der Waals surface area contributed by atoms with Crippen LogP contribution in [0.1, 0.15) is 41.4 Å². The Morgan fingerprint density at radius 1 is 1.10 bits per heavy atom. The van der Waals surface area contributed by atoms with E-state index in [1.165, 1.54) is 6.42 Å². The van der Waals surface area contributed by atoms with Gasteiger partial charge in [-0.05, 0) is 49.7 Å². The van der Waals surface area contributed by atoms with Gasteiger partial charge in [-0.15, -0.1) is 0 Å². The normalized spacial score (nSPS) is 15.6. The molecule has 1 aliphatic heterocycles. The Morgan fingerprint density at radius 3 is 2.50 bits per heavy atom. The highest BCUT2D eigenvalue weighted by atomic mass is 16.5. The van der Waals surface area contributed by atoms with Gasteiger partial charge in [-0.25, -0.2) is 5.10 Å². The third kappa shape index (κ3) is 4.21. The fourth-order valence-electron chi connectivity index (χ4n) is 4.07. The first kappa shape index (κ1) is 20.1. The molecule has 1 aromatic heterocycles. The molecule has 0 unspecified atom stereocenters. The number of benzene rings is 2. The number of amides is 1. The number of hydrogen-bond acceptors (Lipinski definition) is 5. The summed E-state index contributed by atoms with van der Waals surface area (Å²) in [6.45, 7) is 2.47. The van der Waals surface area contributed by atoms with Gasteiger partial charge in [0.15, 0.2) is 5.69 Å². The first-order chi connectivity index (χ1) is 14.7. The molecule has 156 valence electrons. The van der Waals surface area contributed by atoms with Crippen LogP contribution in [0.4, 0.5) is 0 Å². The highest BCUT2D eigenvalue weighted by molar-refractivity contribution is 6.04. The van der Waals surface area contributed by atoms with E-state index < -0.39 is 0 Å². The summed E-state index contributed by atoms with van der Waals surface area (Å²) in [5.41, 5.74) is 1.07. The monoisotopic (exact) mass is 406 g/mol. The van der Waals surface area contributed by atoms with Gasteiger partial charge in [0.05, 0.1) is 18.5 Å². The first-order valence-electron chi connectivity index (χ1n) is 10.3.